The van der Waals surface area contributed by atoms with Crippen LogP contribution in [0, 0.1) is 11.8 Å². The van der Waals surface area contributed by atoms with Gasteiger partial charge in [0.05, 0.1) is 13.2 Å². The molecule has 0 aliphatic heterocycles. The second-order valence-electron chi connectivity index (χ2n) is 6.17. The van der Waals surface area contributed by atoms with Crippen molar-refractivity contribution in [2.45, 2.75) is 6.42 Å². The number of carbonyl (C=O) groups is 1. The number of rotatable bonds is 6. The smallest absolute Gasteiger partial charge is 0.330 e. The van der Waals surface area contributed by atoms with Gasteiger partial charge in [-0.15, -0.1) is 0 Å². The van der Waals surface area contributed by atoms with E-state index in [0.717, 1.165) is 39.4 Å². The van der Waals surface area contributed by atoms with Gasteiger partial charge < -0.3 is 15.2 Å². The van der Waals surface area contributed by atoms with Gasteiger partial charge in [-0.3, -0.25) is 0 Å². The van der Waals surface area contributed by atoms with Gasteiger partial charge in [-0.2, -0.15) is 0 Å². The Hall–Kier alpha value is -3.71. The first-order valence-electron chi connectivity index (χ1n) is 8.97. The van der Waals surface area contributed by atoms with Crippen LogP contribution in [-0.4, -0.2) is 19.2 Å². The van der Waals surface area contributed by atoms with Gasteiger partial charge in [0.1, 0.15) is 5.75 Å². The molecule has 0 aromatic heterocycles. The molecule has 0 heterocycles. The van der Waals surface area contributed by atoms with Crippen molar-refractivity contribution in [2.75, 3.05) is 18.9 Å². The molecule has 4 nitrogen and oxygen atoms in total. The highest BCUT2D eigenvalue weighted by Gasteiger charge is 2.00. The first-order chi connectivity index (χ1) is 13.6. The molecule has 0 bridgehead atoms. The second-order valence-corrected chi connectivity index (χ2v) is 6.17. The van der Waals surface area contributed by atoms with Crippen LogP contribution in [0.3, 0.4) is 0 Å². The minimum atomic E-state index is -0.416. The van der Waals surface area contributed by atoms with Crippen molar-refractivity contribution in [1.82, 2.24) is 0 Å². The summed E-state index contributed by atoms with van der Waals surface area (Å²) in [5.41, 5.74) is 8.29. The normalized spacial score (nSPS) is 10.0. The Morgan fingerprint density at radius 3 is 2.39 bits per heavy atom. The van der Waals surface area contributed by atoms with Crippen LogP contribution in [0.2, 0.25) is 0 Å². The number of anilines is 1. The van der Waals surface area contributed by atoms with Crippen LogP contribution in [0.25, 0.3) is 10.8 Å². The number of carbonyl (C=O) groups excluding carboxylic acids is 1. The van der Waals surface area contributed by atoms with Gasteiger partial charge in [0.25, 0.3) is 0 Å². The number of nitrogen functional groups attached to an aromatic ring is 1. The zero-order valence-corrected chi connectivity index (χ0v) is 15.5. The number of benzene rings is 3. The van der Waals surface area contributed by atoms with Crippen molar-refractivity contribution in [3.63, 3.8) is 0 Å². The van der Waals surface area contributed by atoms with Crippen LogP contribution >= 0.6 is 0 Å². The zero-order valence-electron chi connectivity index (χ0n) is 15.5. The van der Waals surface area contributed by atoms with E-state index >= 15 is 0 Å². The molecule has 3 rings (SSSR count). The maximum absolute atomic E-state index is 11.0. The number of ether oxygens (including phenoxy) is 2. The number of fused-ring (bicyclic) bond motifs is 1. The predicted octanol–water partition coefficient (Wildman–Crippen LogP) is 4.32. The zero-order chi connectivity index (χ0) is 19.8. The van der Waals surface area contributed by atoms with Crippen molar-refractivity contribution in [1.29, 1.82) is 0 Å². The van der Waals surface area contributed by atoms with Crippen molar-refractivity contribution in [3.8, 4) is 17.6 Å². The highest BCUT2D eigenvalue weighted by atomic mass is 16.5. The van der Waals surface area contributed by atoms with Gasteiger partial charge in [-0.1, -0.05) is 30.6 Å². The van der Waals surface area contributed by atoms with Crippen LogP contribution in [0.15, 0.2) is 73.3 Å². The van der Waals surface area contributed by atoms with Gasteiger partial charge >= 0.3 is 5.97 Å². The molecule has 0 saturated heterocycles. The van der Waals surface area contributed by atoms with E-state index in [9.17, 15) is 4.79 Å². The van der Waals surface area contributed by atoms with Crippen LogP contribution < -0.4 is 10.5 Å². The monoisotopic (exact) mass is 371 g/mol. The first-order valence-corrected chi connectivity index (χ1v) is 8.97. The van der Waals surface area contributed by atoms with Crippen molar-refractivity contribution in [2.24, 2.45) is 0 Å². The molecule has 0 amide bonds. The summed E-state index contributed by atoms with van der Waals surface area (Å²) in [4.78, 5) is 11.0. The maximum atomic E-state index is 11.0. The second kappa shape index (κ2) is 9.29. The summed E-state index contributed by atoms with van der Waals surface area (Å²) in [6.45, 7) is 4.14. The quantitative estimate of drug-likeness (QED) is 0.230. The minimum Gasteiger partial charge on any atom is -0.493 e. The summed E-state index contributed by atoms with van der Waals surface area (Å²) >= 11 is 0. The van der Waals surface area contributed by atoms with Crippen molar-refractivity contribution >= 4 is 22.4 Å². The molecular weight excluding hydrogens is 350 g/mol. The van der Waals surface area contributed by atoms with Crippen LogP contribution in [0.5, 0.6) is 5.75 Å². The molecule has 0 unspecified atom stereocenters. The SMILES string of the molecule is C=CC(=O)OCCCOc1ccc2cc(C#Cc3ccc(N)cc3)ccc2c1. The van der Waals surface area contributed by atoms with E-state index in [1.54, 1.807) is 0 Å². The molecule has 140 valence electrons. The highest BCUT2D eigenvalue weighted by molar-refractivity contribution is 5.85. The third-order valence-corrected chi connectivity index (χ3v) is 4.04. The van der Waals surface area contributed by atoms with Gasteiger partial charge in [0.2, 0.25) is 0 Å². The lowest BCUT2D eigenvalue weighted by molar-refractivity contribution is -0.137. The molecule has 0 radical (unpaired) electrons. The van der Waals surface area contributed by atoms with E-state index in [2.05, 4.69) is 24.5 Å². The van der Waals surface area contributed by atoms with Crippen molar-refractivity contribution < 1.29 is 14.3 Å². The number of hydrogen-bond donors (Lipinski definition) is 1. The van der Waals surface area contributed by atoms with Gasteiger partial charge in [0, 0.05) is 29.3 Å². The average Bonchev–Trinajstić information content (AvgIpc) is 2.72. The number of esters is 1. The van der Waals surface area contributed by atoms with Crippen LogP contribution in [-0.2, 0) is 9.53 Å². The highest BCUT2D eigenvalue weighted by Crippen LogP contribution is 2.22. The Bertz CT molecular complexity index is 1040. The Kier molecular flexibility index (Phi) is 6.33. The first kappa shape index (κ1) is 19.1. The predicted molar refractivity (Wildman–Crippen MR) is 112 cm³/mol. The maximum Gasteiger partial charge on any atom is 0.330 e. The molecule has 2 N–H and O–H groups in total. The fourth-order valence-electron chi connectivity index (χ4n) is 2.58. The van der Waals surface area contributed by atoms with Gasteiger partial charge in [-0.25, -0.2) is 4.79 Å². The van der Waals surface area contributed by atoms with Crippen molar-refractivity contribution in [3.05, 3.63) is 84.4 Å². The van der Waals surface area contributed by atoms with E-state index in [1.165, 1.54) is 0 Å². The molecule has 4 heteroatoms. The van der Waals surface area contributed by atoms with E-state index in [1.807, 2.05) is 54.6 Å². The molecule has 0 spiro atoms. The molecule has 3 aromatic rings. The molecule has 28 heavy (non-hydrogen) atoms. The number of hydrogen-bond acceptors (Lipinski definition) is 4. The Balaban J connectivity index is 1.61. The molecule has 0 aliphatic carbocycles. The molecule has 0 saturated carbocycles. The summed E-state index contributed by atoms with van der Waals surface area (Å²) in [5, 5.41) is 2.17. The Labute approximate surface area is 164 Å². The molecule has 0 fully saturated rings. The van der Waals surface area contributed by atoms with Gasteiger partial charge in [-0.05, 0) is 59.3 Å². The lowest BCUT2D eigenvalue weighted by atomic mass is 10.1. The van der Waals surface area contributed by atoms with Crippen LogP contribution in [0.4, 0.5) is 5.69 Å². The molecule has 0 aliphatic rings. The molecule has 0 atom stereocenters. The number of nitrogens with two attached hydrogens (primary N) is 1. The van der Waals surface area contributed by atoms with E-state index < -0.39 is 5.97 Å². The summed E-state index contributed by atoms with van der Waals surface area (Å²) in [6.07, 6.45) is 1.77. The fraction of sp³-hybridized carbons (Fsp3) is 0.125. The summed E-state index contributed by atoms with van der Waals surface area (Å²) < 4.78 is 10.6. The fourth-order valence-corrected chi connectivity index (χ4v) is 2.58. The standard InChI is InChI=1S/C24H21NO3/c1-2-24(26)28-15-3-14-27-23-13-10-20-16-19(6-9-21(20)17-23)5-4-18-7-11-22(25)12-8-18/h2,6-13,16-17H,1,3,14-15,25H2. The lowest BCUT2D eigenvalue weighted by Gasteiger charge is -2.08. The van der Waals surface area contributed by atoms with Crippen LogP contribution in [0.1, 0.15) is 17.5 Å². The largest absolute Gasteiger partial charge is 0.493 e. The lowest BCUT2D eigenvalue weighted by Crippen LogP contribution is -2.06. The van der Waals surface area contributed by atoms with E-state index in [0.29, 0.717) is 19.6 Å². The topological polar surface area (TPSA) is 61.5 Å². The minimum absolute atomic E-state index is 0.314. The third kappa shape index (κ3) is 5.39. The van der Waals surface area contributed by atoms with Gasteiger partial charge in [0.15, 0.2) is 0 Å². The summed E-state index contributed by atoms with van der Waals surface area (Å²) in [5.74, 6) is 6.69. The Morgan fingerprint density at radius 2 is 1.61 bits per heavy atom. The molecular formula is C24H21NO3. The Morgan fingerprint density at radius 1 is 0.929 bits per heavy atom. The van der Waals surface area contributed by atoms with E-state index in [4.69, 9.17) is 15.2 Å². The third-order valence-electron chi connectivity index (χ3n) is 4.04. The van der Waals surface area contributed by atoms with E-state index in [-0.39, 0.29) is 0 Å². The summed E-state index contributed by atoms with van der Waals surface area (Å²) in [6, 6.07) is 19.5. The molecule has 3 aromatic carbocycles. The average molecular weight is 371 g/mol. The summed E-state index contributed by atoms with van der Waals surface area (Å²) in [7, 11) is 0.